The molecule has 0 atom stereocenters. The molecule has 1 aromatic carbocycles. The number of piperidine rings is 1. The van der Waals surface area contributed by atoms with Crippen LogP contribution in [0.2, 0.25) is 0 Å². The van der Waals surface area contributed by atoms with Crippen LogP contribution >= 0.6 is 0 Å². The first-order valence-corrected chi connectivity index (χ1v) is 11.3. The van der Waals surface area contributed by atoms with Crippen molar-refractivity contribution in [2.45, 2.75) is 44.9 Å². The minimum Gasteiger partial charge on any atom is -0.339 e. The number of nitrogens with zero attached hydrogens (tertiary/aromatic N) is 2. The van der Waals surface area contributed by atoms with E-state index in [1.165, 1.54) is 4.31 Å². The van der Waals surface area contributed by atoms with Crippen LogP contribution in [0.15, 0.2) is 23.1 Å². The van der Waals surface area contributed by atoms with Gasteiger partial charge in [-0.3, -0.25) is 4.79 Å². The van der Waals surface area contributed by atoms with Crippen molar-refractivity contribution in [3.05, 3.63) is 29.3 Å². The highest BCUT2D eigenvalue weighted by Crippen LogP contribution is 2.24. The summed E-state index contributed by atoms with van der Waals surface area (Å²) in [5.74, 6) is 0.591. The van der Waals surface area contributed by atoms with E-state index >= 15 is 0 Å². The number of hydrogen-bond acceptors (Lipinski definition) is 4. The summed E-state index contributed by atoms with van der Waals surface area (Å²) in [4.78, 5) is 15.1. The van der Waals surface area contributed by atoms with E-state index in [0.29, 0.717) is 24.6 Å². The third kappa shape index (κ3) is 5.09. The molecule has 0 aliphatic carbocycles. The number of carbonyl (C=O) groups excluding carboxylic acids is 1. The number of benzene rings is 1. The number of sulfonamides is 1. The van der Waals surface area contributed by atoms with Crippen molar-refractivity contribution in [3.8, 4) is 0 Å². The van der Waals surface area contributed by atoms with Crippen LogP contribution in [-0.2, 0) is 10.0 Å². The van der Waals surface area contributed by atoms with Crippen molar-refractivity contribution in [1.82, 2.24) is 14.5 Å². The molecule has 0 bridgehead atoms. The fraction of sp³-hybridized carbons (Fsp3) is 0.650. The summed E-state index contributed by atoms with van der Waals surface area (Å²) in [5, 5.41) is 3.18. The molecule has 7 heteroatoms. The highest BCUT2D eigenvalue weighted by molar-refractivity contribution is 7.89. The molecule has 1 aliphatic rings. The van der Waals surface area contributed by atoms with Crippen LogP contribution in [0.25, 0.3) is 0 Å². The lowest BCUT2D eigenvalue weighted by molar-refractivity contribution is 0.0686. The van der Waals surface area contributed by atoms with Crippen LogP contribution in [-0.4, -0.2) is 63.3 Å². The van der Waals surface area contributed by atoms with Crippen LogP contribution in [0.5, 0.6) is 0 Å². The van der Waals surface area contributed by atoms with Gasteiger partial charge in [0.25, 0.3) is 5.91 Å². The van der Waals surface area contributed by atoms with Crippen molar-refractivity contribution in [2.24, 2.45) is 5.92 Å². The van der Waals surface area contributed by atoms with Gasteiger partial charge < -0.3 is 10.2 Å². The molecular weight excluding hydrogens is 362 g/mol. The lowest BCUT2D eigenvalue weighted by Gasteiger charge is -2.32. The molecule has 1 amide bonds. The first-order valence-electron chi connectivity index (χ1n) is 9.89. The number of rotatable bonds is 8. The van der Waals surface area contributed by atoms with Crippen molar-refractivity contribution in [1.29, 1.82) is 0 Å². The molecule has 2 rings (SSSR count). The fourth-order valence-electron chi connectivity index (χ4n) is 3.65. The summed E-state index contributed by atoms with van der Waals surface area (Å²) in [6.07, 6.45) is 3.14. The SMILES string of the molecule is CCN(CC)S(=O)(=O)c1ccc(C)c(C(=O)N2CCC(CCNC)CC2)c1. The summed E-state index contributed by atoms with van der Waals surface area (Å²) in [5.41, 5.74) is 1.31. The summed E-state index contributed by atoms with van der Waals surface area (Å²) >= 11 is 0. The molecule has 152 valence electrons. The highest BCUT2D eigenvalue weighted by atomic mass is 32.2. The van der Waals surface area contributed by atoms with Gasteiger partial charge in [0, 0.05) is 31.7 Å². The van der Waals surface area contributed by atoms with Crippen molar-refractivity contribution >= 4 is 15.9 Å². The Morgan fingerprint density at radius 3 is 2.41 bits per heavy atom. The predicted octanol–water partition coefficient (Wildman–Crippen LogP) is 2.49. The van der Waals surface area contributed by atoms with E-state index in [2.05, 4.69) is 5.32 Å². The zero-order valence-electron chi connectivity index (χ0n) is 17.0. The molecule has 0 spiro atoms. The molecule has 1 fully saturated rings. The van der Waals surface area contributed by atoms with E-state index < -0.39 is 10.0 Å². The monoisotopic (exact) mass is 395 g/mol. The minimum atomic E-state index is -3.57. The third-order valence-corrected chi connectivity index (χ3v) is 7.53. The van der Waals surface area contributed by atoms with Gasteiger partial charge in [0.1, 0.15) is 0 Å². The third-order valence-electron chi connectivity index (χ3n) is 5.49. The van der Waals surface area contributed by atoms with Crippen molar-refractivity contribution in [3.63, 3.8) is 0 Å². The maximum absolute atomic E-state index is 13.0. The van der Waals surface area contributed by atoms with Gasteiger partial charge in [-0.05, 0) is 63.4 Å². The Morgan fingerprint density at radius 1 is 1.22 bits per heavy atom. The number of likely N-dealkylation sites (tertiary alicyclic amines) is 1. The zero-order valence-corrected chi connectivity index (χ0v) is 17.8. The first-order chi connectivity index (χ1) is 12.8. The summed E-state index contributed by atoms with van der Waals surface area (Å²) in [6.45, 7) is 8.80. The maximum atomic E-state index is 13.0. The molecule has 0 aromatic heterocycles. The molecule has 27 heavy (non-hydrogen) atoms. The lowest BCUT2D eigenvalue weighted by Crippen LogP contribution is -2.39. The maximum Gasteiger partial charge on any atom is 0.254 e. The van der Waals surface area contributed by atoms with Crippen LogP contribution in [0.1, 0.15) is 49.0 Å². The Balaban J connectivity index is 2.18. The minimum absolute atomic E-state index is 0.0591. The average molecular weight is 396 g/mol. The van der Waals surface area contributed by atoms with Gasteiger partial charge in [-0.25, -0.2) is 8.42 Å². The molecule has 6 nitrogen and oxygen atoms in total. The number of aryl methyl sites for hydroxylation is 1. The Labute approximate surface area is 164 Å². The molecule has 1 saturated heterocycles. The Kier molecular flexibility index (Phi) is 7.82. The predicted molar refractivity (Wildman–Crippen MR) is 108 cm³/mol. The van der Waals surface area contributed by atoms with Crippen molar-refractivity contribution in [2.75, 3.05) is 39.8 Å². The molecule has 1 aromatic rings. The second-order valence-corrected chi connectivity index (χ2v) is 9.13. The van der Waals surface area contributed by atoms with E-state index in [9.17, 15) is 13.2 Å². The average Bonchev–Trinajstić information content (AvgIpc) is 2.67. The lowest BCUT2D eigenvalue weighted by atomic mass is 9.93. The molecule has 0 saturated carbocycles. The van der Waals surface area contributed by atoms with E-state index in [4.69, 9.17) is 0 Å². The second-order valence-electron chi connectivity index (χ2n) is 7.19. The van der Waals surface area contributed by atoms with Crippen LogP contribution in [0.4, 0.5) is 0 Å². The fourth-order valence-corrected chi connectivity index (χ4v) is 5.13. The Morgan fingerprint density at radius 2 is 1.85 bits per heavy atom. The Hall–Kier alpha value is -1.44. The van der Waals surface area contributed by atoms with Gasteiger partial charge in [-0.15, -0.1) is 0 Å². The molecular formula is C20H33N3O3S. The molecule has 1 N–H and O–H groups in total. The topological polar surface area (TPSA) is 69.7 Å². The van der Waals surface area contributed by atoms with Crippen LogP contribution in [0, 0.1) is 12.8 Å². The van der Waals surface area contributed by atoms with Gasteiger partial charge in [-0.2, -0.15) is 4.31 Å². The number of amides is 1. The highest BCUT2D eigenvalue weighted by Gasteiger charge is 2.27. The summed E-state index contributed by atoms with van der Waals surface area (Å²) in [7, 11) is -1.61. The van der Waals surface area contributed by atoms with Crippen LogP contribution in [0.3, 0.4) is 0 Å². The van der Waals surface area contributed by atoms with E-state index in [1.807, 2.05) is 32.7 Å². The molecule has 1 aliphatic heterocycles. The number of carbonyl (C=O) groups is 1. The van der Waals surface area contributed by atoms with Crippen molar-refractivity contribution < 1.29 is 13.2 Å². The van der Waals surface area contributed by atoms with Gasteiger partial charge in [-0.1, -0.05) is 19.9 Å². The quantitative estimate of drug-likeness (QED) is 0.734. The second kappa shape index (κ2) is 9.66. The van der Waals surface area contributed by atoms with Gasteiger partial charge in [0.2, 0.25) is 10.0 Å². The Bertz CT molecular complexity index is 737. The molecule has 0 unspecified atom stereocenters. The summed E-state index contributed by atoms with van der Waals surface area (Å²) in [6, 6.07) is 4.89. The van der Waals surface area contributed by atoms with Gasteiger partial charge in [0.05, 0.1) is 4.90 Å². The van der Waals surface area contributed by atoms with E-state index in [1.54, 1.807) is 18.2 Å². The number of nitrogens with one attached hydrogen (secondary N) is 1. The summed E-state index contributed by atoms with van der Waals surface area (Å²) < 4.78 is 27.0. The largest absolute Gasteiger partial charge is 0.339 e. The van der Waals surface area contributed by atoms with E-state index in [-0.39, 0.29) is 10.8 Å². The van der Waals surface area contributed by atoms with Crippen LogP contribution < -0.4 is 5.32 Å². The number of hydrogen-bond donors (Lipinski definition) is 1. The molecule has 0 radical (unpaired) electrons. The molecule has 1 heterocycles. The first kappa shape index (κ1) is 21.9. The van der Waals surface area contributed by atoms with Gasteiger partial charge in [0.15, 0.2) is 0 Å². The zero-order chi connectivity index (χ0) is 20.0. The smallest absolute Gasteiger partial charge is 0.254 e. The van der Waals surface area contributed by atoms with Gasteiger partial charge >= 0.3 is 0 Å². The normalized spacial score (nSPS) is 16.1. The standard InChI is InChI=1S/C20H33N3O3S/c1-5-23(6-2)27(25,26)18-8-7-16(3)19(15-18)20(24)22-13-10-17(11-14-22)9-12-21-4/h7-8,15,17,21H,5-6,9-14H2,1-4H3. The van der Waals surface area contributed by atoms with E-state index in [0.717, 1.165) is 44.5 Å².